The van der Waals surface area contributed by atoms with E-state index in [0.29, 0.717) is 32.9 Å². The lowest BCUT2D eigenvalue weighted by Gasteiger charge is -2.13. The van der Waals surface area contributed by atoms with Crippen molar-refractivity contribution in [2.75, 3.05) is 0 Å². The summed E-state index contributed by atoms with van der Waals surface area (Å²) in [5, 5.41) is 1.18. The maximum atomic E-state index is 14.2. The first-order valence-corrected chi connectivity index (χ1v) is 12.3. The number of rotatable bonds is 6. The van der Waals surface area contributed by atoms with Crippen LogP contribution in [0.4, 0.5) is 4.39 Å². The van der Waals surface area contributed by atoms with E-state index in [1.807, 2.05) is 22.8 Å². The normalized spacial score (nSPS) is 11.8. The molecule has 0 saturated carbocycles. The molecule has 0 atom stereocenters. The molecule has 34 heavy (non-hydrogen) atoms. The van der Waals surface area contributed by atoms with E-state index in [-0.39, 0.29) is 17.2 Å². The van der Waals surface area contributed by atoms with Gasteiger partial charge in [-0.05, 0) is 53.6 Å². The van der Waals surface area contributed by atoms with Crippen LogP contribution in [0.15, 0.2) is 89.8 Å². The quantitative estimate of drug-likeness (QED) is 0.384. The third-order valence-corrected chi connectivity index (χ3v) is 7.60. The summed E-state index contributed by atoms with van der Waals surface area (Å²) in [6.45, 7) is 0.278. The molecular formula is C27H20FN2O3S. The van der Waals surface area contributed by atoms with Gasteiger partial charge in [-0.25, -0.2) is 12.8 Å². The van der Waals surface area contributed by atoms with Crippen molar-refractivity contribution in [3.8, 4) is 0 Å². The van der Waals surface area contributed by atoms with Gasteiger partial charge in [-0.1, -0.05) is 48.5 Å². The first-order valence-electron chi connectivity index (χ1n) is 10.6. The van der Waals surface area contributed by atoms with Gasteiger partial charge in [0.2, 0.25) is 5.91 Å². The van der Waals surface area contributed by atoms with E-state index in [2.05, 4.69) is 6.07 Å². The van der Waals surface area contributed by atoms with E-state index in [4.69, 9.17) is 5.73 Å². The molecule has 1 heterocycles. The molecule has 1 amide bonds. The first-order chi connectivity index (χ1) is 16.3. The molecule has 0 unspecified atom stereocenters. The monoisotopic (exact) mass is 471 g/mol. The lowest BCUT2D eigenvalue weighted by atomic mass is 10.1. The summed E-state index contributed by atoms with van der Waals surface area (Å²) >= 11 is 0. The maximum Gasteiger partial charge on any atom is 0.249 e. The summed E-state index contributed by atoms with van der Waals surface area (Å²) in [5.41, 5.74) is 8.59. The van der Waals surface area contributed by atoms with Gasteiger partial charge in [0.25, 0.3) is 0 Å². The molecule has 0 bridgehead atoms. The van der Waals surface area contributed by atoms with Gasteiger partial charge in [0.05, 0.1) is 21.7 Å². The molecule has 0 spiro atoms. The van der Waals surface area contributed by atoms with Crippen molar-refractivity contribution in [1.29, 1.82) is 0 Å². The Balaban J connectivity index is 1.66. The Kier molecular flexibility index (Phi) is 5.42. The minimum Gasteiger partial charge on any atom is -0.366 e. The van der Waals surface area contributed by atoms with Gasteiger partial charge in [0.15, 0.2) is 9.84 Å². The van der Waals surface area contributed by atoms with Crippen molar-refractivity contribution in [3.63, 3.8) is 0 Å². The number of nitrogens with two attached hydrogens (primary N) is 1. The summed E-state index contributed by atoms with van der Waals surface area (Å²) in [5.74, 6) is -1.22. The molecular weight excluding hydrogens is 451 g/mol. The van der Waals surface area contributed by atoms with Crippen molar-refractivity contribution in [2.24, 2.45) is 5.73 Å². The second kappa shape index (κ2) is 8.43. The standard InChI is InChI=1S/C27H20FN2O3S/c28-20-13-14-22-25(15-20)30(24-12-6-11-23(26(22)24)27(29)31)16-18-7-4-5-8-19(18)17-34(32,33)21-9-2-1-3-10-21/h1-13,15H,16-17H2,(H2,29,31). The minimum absolute atomic E-state index is 0.169. The van der Waals surface area contributed by atoms with Gasteiger partial charge in [-0.15, -0.1) is 0 Å². The molecule has 0 aliphatic heterocycles. The van der Waals surface area contributed by atoms with Crippen LogP contribution in [0.5, 0.6) is 0 Å². The molecule has 0 fully saturated rings. The van der Waals surface area contributed by atoms with Gasteiger partial charge < -0.3 is 10.3 Å². The number of primary amides is 1. The molecule has 1 aromatic heterocycles. The highest BCUT2D eigenvalue weighted by atomic mass is 32.2. The van der Waals surface area contributed by atoms with Gasteiger partial charge in [-0.3, -0.25) is 4.79 Å². The molecule has 1 radical (unpaired) electrons. The highest BCUT2D eigenvalue weighted by Crippen LogP contribution is 2.33. The number of hydrogen-bond acceptors (Lipinski definition) is 3. The number of benzene rings is 4. The molecule has 5 aromatic rings. The van der Waals surface area contributed by atoms with Crippen LogP contribution in [-0.2, 0) is 22.1 Å². The highest BCUT2D eigenvalue weighted by Gasteiger charge is 2.20. The second-order valence-corrected chi connectivity index (χ2v) is 10.1. The zero-order valence-electron chi connectivity index (χ0n) is 18.0. The van der Waals surface area contributed by atoms with E-state index in [0.717, 1.165) is 5.56 Å². The summed E-state index contributed by atoms with van der Waals surface area (Å²) in [6, 6.07) is 26.3. The van der Waals surface area contributed by atoms with Crippen LogP contribution < -0.4 is 5.73 Å². The van der Waals surface area contributed by atoms with E-state index in [9.17, 15) is 17.6 Å². The average molecular weight is 472 g/mol. The lowest BCUT2D eigenvalue weighted by Crippen LogP contribution is -2.11. The fourth-order valence-corrected chi connectivity index (χ4v) is 5.77. The molecule has 0 aliphatic carbocycles. The van der Waals surface area contributed by atoms with E-state index < -0.39 is 21.6 Å². The number of nitrogens with zero attached hydrogens (tertiary/aromatic N) is 1. The van der Waals surface area contributed by atoms with Gasteiger partial charge in [0, 0.05) is 22.9 Å². The Bertz CT molecular complexity index is 1660. The molecule has 5 rings (SSSR count). The van der Waals surface area contributed by atoms with Crippen molar-refractivity contribution < 1.29 is 17.6 Å². The zero-order valence-corrected chi connectivity index (χ0v) is 18.8. The number of halogens is 1. The first kappa shape index (κ1) is 21.9. The third kappa shape index (κ3) is 3.84. The summed E-state index contributed by atoms with van der Waals surface area (Å²) < 4.78 is 42.1. The van der Waals surface area contributed by atoms with Crippen LogP contribution in [-0.4, -0.2) is 18.9 Å². The average Bonchev–Trinajstić information content (AvgIpc) is 3.13. The SMILES string of the molecule is NC(=O)c1cccc2c1c1[c]cc(F)cc1n2Cc1ccccc1CS(=O)(=O)c1ccccc1. The topological polar surface area (TPSA) is 82.2 Å². The maximum absolute atomic E-state index is 14.2. The van der Waals surface area contributed by atoms with Gasteiger partial charge in [-0.2, -0.15) is 0 Å². The van der Waals surface area contributed by atoms with Crippen molar-refractivity contribution >= 4 is 37.6 Å². The van der Waals surface area contributed by atoms with E-state index >= 15 is 0 Å². The lowest BCUT2D eigenvalue weighted by molar-refractivity contribution is 0.100. The van der Waals surface area contributed by atoms with Gasteiger partial charge in [0.1, 0.15) is 5.82 Å². The van der Waals surface area contributed by atoms with Crippen LogP contribution in [0.25, 0.3) is 21.8 Å². The largest absolute Gasteiger partial charge is 0.366 e. The number of amides is 1. The number of carbonyl (C=O) groups is 1. The molecule has 0 saturated heterocycles. The van der Waals surface area contributed by atoms with Crippen LogP contribution in [0, 0.1) is 11.9 Å². The predicted molar refractivity (Wildman–Crippen MR) is 130 cm³/mol. The molecule has 4 aromatic carbocycles. The number of fused-ring (bicyclic) bond motifs is 3. The Morgan fingerprint density at radius 1 is 0.912 bits per heavy atom. The molecule has 0 aliphatic rings. The summed E-state index contributed by atoms with van der Waals surface area (Å²) in [6.07, 6.45) is 0. The van der Waals surface area contributed by atoms with E-state index in [1.165, 1.54) is 12.1 Å². The number of hydrogen-bond donors (Lipinski definition) is 1. The number of aromatic nitrogens is 1. The third-order valence-electron chi connectivity index (χ3n) is 5.92. The van der Waals surface area contributed by atoms with Crippen molar-refractivity contribution in [3.05, 3.63) is 114 Å². The van der Waals surface area contributed by atoms with Crippen LogP contribution in [0.3, 0.4) is 0 Å². The van der Waals surface area contributed by atoms with Crippen molar-refractivity contribution in [2.45, 2.75) is 17.2 Å². The van der Waals surface area contributed by atoms with Gasteiger partial charge >= 0.3 is 0 Å². The van der Waals surface area contributed by atoms with Crippen LogP contribution in [0.2, 0.25) is 0 Å². The molecule has 2 N–H and O–H groups in total. The Morgan fingerprint density at radius 2 is 1.62 bits per heavy atom. The second-order valence-electron chi connectivity index (χ2n) is 8.07. The number of sulfone groups is 1. The van der Waals surface area contributed by atoms with Crippen LogP contribution in [0.1, 0.15) is 21.5 Å². The summed E-state index contributed by atoms with van der Waals surface area (Å²) in [7, 11) is -3.56. The fourth-order valence-electron chi connectivity index (χ4n) is 4.34. The predicted octanol–water partition coefficient (Wildman–Crippen LogP) is 4.85. The highest BCUT2D eigenvalue weighted by molar-refractivity contribution is 7.90. The molecule has 169 valence electrons. The summed E-state index contributed by atoms with van der Waals surface area (Å²) in [4.78, 5) is 12.4. The Labute approximate surface area is 196 Å². The van der Waals surface area contributed by atoms with E-state index in [1.54, 1.807) is 54.6 Å². The Hall–Kier alpha value is -3.97. The Morgan fingerprint density at radius 3 is 2.35 bits per heavy atom. The fraction of sp³-hybridized carbons (Fsp3) is 0.0741. The molecule has 5 nitrogen and oxygen atoms in total. The van der Waals surface area contributed by atoms with Crippen LogP contribution >= 0.6 is 0 Å². The molecule has 7 heteroatoms. The number of carbonyl (C=O) groups excluding carboxylic acids is 1. The minimum atomic E-state index is -3.56. The smallest absolute Gasteiger partial charge is 0.249 e. The van der Waals surface area contributed by atoms with Crippen molar-refractivity contribution in [1.82, 2.24) is 4.57 Å². The zero-order chi connectivity index (χ0) is 23.9.